The van der Waals surface area contributed by atoms with Gasteiger partial charge in [0, 0.05) is 28.2 Å². The van der Waals surface area contributed by atoms with Gasteiger partial charge in [-0.3, -0.25) is 14.5 Å². The van der Waals surface area contributed by atoms with Crippen LogP contribution in [-0.4, -0.2) is 50.7 Å². The number of nitrogens with zero attached hydrogens (tertiary/aromatic N) is 1. The number of rotatable bonds is 7. The number of hydrogen-bond acceptors (Lipinski definition) is 5. The van der Waals surface area contributed by atoms with Crippen LogP contribution in [0.3, 0.4) is 0 Å². The second kappa shape index (κ2) is 14.5. The van der Waals surface area contributed by atoms with Gasteiger partial charge in [-0.25, -0.2) is 4.39 Å². The van der Waals surface area contributed by atoms with Gasteiger partial charge in [0.05, 0.1) is 29.3 Å². The quantitative estimate of drug-likeness (QED) is 0.152. The first-order valence-corrected chi connectivity index (χ1v) is 19.5. The van der Waals surface area contributed by atoms with E-state index in [0.717, 1.165) is 24.8 Å². The number of aliphatic hydroxyl groups excluding tert-OH is 2. The Balaban J connectivity index is 1.46. The Labute approximate surface area is 319 Å². The fraction of sp³-hybridized carbons (Fsp3) is 0.395. The molecule has 1 saturated heterocycles. The highest BCUT2D eigenvalue weighted by Gasteiger charge is 2.76. The van der Waals surface area contributed by atoms with Crippen LogP contribution in [-0.2, 0) is 15.0 Å². The minimum atomic E-state index is -1.49. The molecule has 8 rings (SSSR count). The lowest BCUT2D eigenvalue weighted by molar-refractivity contribution is -0.135. The zero-order chi connectivity index (χ0) is 36.9. The maximum absolute atomic E-state index is 16.9. The summed E-state index contributed by atoms with van der Waals surface area (Å²) in [6.45, 7) is 0. The molecule has 2 spiro atoms. The standard InChI is InChI=1S/C43H44Cl2FN3O4/c44-28-17-22-32-34(25-28)48-41(53)43(32)35(31-15-10-16-33(45)36(31)46)38(40(52)47-29-18-20-30(50)21-19-29)49(42(43)23-8-3-9-24-42)37(26-11-4-1-5-12-26)39(51)27-13-6-2-7-14-27/h1-2,4-7,10-17,22,25,29-30,35,37-39,50-51H,3,8-9,18-21,23-24H2,(H,47,52)(H,48,53)/t29-,30-,35-,37+,38+,39+,43-/m0/s1. The van der Waals surface area contributed by atoms with E-state index in [4.69, 9.17) is 23.2 Å². The van der Waals surface area contributed by atoms with Gasteiger partial charge in [0.15, 0.2) is 0 Å². The topological polar surface area (TPSA) is 102 Å². The zero-order valence-electron chi connectivity index (χ0n) is 29.4. The molecule has 4 aliphatic rings. The van der Waals surface area contributed by atoms with E-state index in [-0.39, 0.29) is 28.4 Å². The first-order chi connectivity index (χ1) is 25.7. The Morgan fingerprint density at radius 1 is 0.868 bits per heavy atom. The number of aliphatic hydroxyl groups is 2. The molecule has 0 bridgehead atoms. The summed E-state index contributed by atoms with van der Waals surface area (Å²) in [5, 5.41) is 29.9. The maximum atomic E-state index is 16.9. The van der Waals surface area contributed by atoms with Crippen LogP contribution in [0.15, 0.2) is 97.1 Å². The molecule has 2 saturated carbocycles. The summed E-state index contributed by atoms with van der Waals surface area (Å²) in [5.41, 5.74) is 0.208. The fourth-order valence-corrected chi connectivity index (χ4v) is 10.7. The molecule has 3 fully saturated rings. The summed E-state index contributed by atoms with van der Waals surface area (Å²) in [5.74, 6) is -2.43. The second-order valence-electron chi connectivity index (χ2n) is 15.2. The van der Waals surface area contributed by atoms with Crippen LogP contribution in [0.4, 0.5) is 10.1 Å². The molecule has 2 heterocycles. The monoisotopic (exact) mass is 755 g/mol. The Hall–Kier alpha value is -3.79. The Morgan fingerprint density at radius 2 is 1.53 bits per heavy atom. The SMILES string of the molecule is O=C(N[C@H]1CC[C@H](O)CC1)[C@H]1[C@H](c2cccc(Cl)c2F)[C@@]2(C(=O)Nc3cc(Cl)ccc32)C2(CCCCC2)N1[C@H](c1ccccc1)[C@H](O)c1ccccc1. The molecule has 0 unspecified atom stereocenters. The van der Waals surface area contributed by atoms with Crippen molar-refractivity contribution in [2.45, 2.75) is 105 Å². The van der Waals surface area contributed by atoms with Crippen LogP contribution in [0.25, 0.3) is 0 Å². The summed E-state index contributed by atoms with van der Waals surface area (Å²) in [6, 6.07) is 27.0. The van der Waals surface area contributed by atoms with Crippen molar-refractivity contribution in [3.8, 4) is 0 Å². The fourth-order valence-electron chi connectivity index (χ4n) is 10.4. The van der Waals surface area contributed by atoms with Gasteiger partial charge in [0.1, 0.15) is 11.2 Å². The van der Waals surface area contributed by atoms with E-state index >= 15 is 14.0 Å². The highest BCUT2D eigenvalue weighted by atomic mass is 35.5. The molecule has 10 heteroatoms. The van der Waals surface area contributed by atoms with Crippen LogP contribution >= 0.6 is 23.2 Å². The molecule has 4 aromatic carbocycles. The summed E-state index contributed by atoms with van der Waals surface area (Å²) < 4.78 is 16.9. The van der Waals surface area contributed by atoms with Gasteiger partial charge in [-0.05, 0) is 79.0 Å². The highest BCUT2D eigenvalue weighted by molar-refractivity contribution is 6.31. The molecule has 0 aromatic heterocycles. The molecule has 4 N–H and O–H groups in total. The number of fused-ring (bicyclic) bond motifs is 3. The lowest BCUT2D eigenvalue weighted by Crippen LogP contribution is -2.63. The molecule has 7 nitrogen and oxygen atoms in total. The first kappa shape index (κ1) is 36.2. The van der Waals surface area contributed by atoms with Gasteiger partial charge in [-0.15, -0.1) is 0 Å². The lowest BCUT2D eigenvalue weighted by atomic mass is 9.55. The van der Waals surface area contributed by atoms with Crippen molar-refractivity contribution < 1.29 is 24.2 Å². The number of benzene rings is 4. The number of nitrogens with one attached hydrogen (secondary N) is 2. The third-order valence-electron chi connectivity index (χ3n) is 12.5. The molecular weight excluding hydrogens is 712 g/mol. The molecule has 2 amide bonds. The van der Waals surface area contributed by atoms with Crippen molar-refractivity contribution in [1.29, 1.82) is 0 Å². The van der Waals surface area contributed by atoms with Crippen molar-refractivity contribution in [2.24, 2.45) is 0 Å². The first-order valence-electron chi connectivity index (χ1n) is 18.8. The predicted molar refractivity (Wildman–Crippen MR) is 204 cm³/mol. The Kier molecular flexibility index (Phi) is 9.87. The van der Waals surface area contributed by atoms with Gasteiger partial charge < -0.3 is 20.8 Å². The third-order valence-corrected chi connectivity index (χ3v) is 13.0. The third kappa shape index (κ3) is 5.89. The predicted octanol–water partition coefficient (Wildman–Crippen LogP) is 8.39. The number of anilines is 1. The van der Waals surface area contributed by atoms with E-state index in [1.54, 1.807) is 24.3 Å². The van der Waals surface area contributed by atoms with E-state index in [9.17, 15) is 10.2 Å². The summed E-state index contributed by atoms with van der Waals surface area (Å²) in [7, 11) is 0. The minimum Gasteiger partial charge on any atom is -0.393 e. The smallest absolute Gasteiger partial charge is 0.238 e. The highest BCUT2D eigenvalue weighted by Crippen LogP contribution is 2.69. The summed E-state index contributed by atoms with van der Waals surface area (Å²) in [6.07, 6.45) is 4.20. The number of hydrogen-bond donors (Lipinski definition) is 4. The van der Waals surface area contributed by atoms with E-state index < -0.39 is 47.0 Å². The van der Waals surface area contributed by atoms with Crippen molar-refractivity contribution in [2.75, 3.05) is 5.32 Å². The van der Waals surface area contributed by atoms with E-state index in [2.05, 4.69) is 15.5 Å². The van der Waals surface area contributed by atoms with Gasteiger partial charge >= 0.3 is 0 Å². The van der Waals surface area contributed by atoms with Crippen LogP contribution in [0, 0.1) is 5.82 Å². The van der Waals surface area contributed by atoms with E-state index in [1.165, 1.54) is 6.07 Å². The van der Waals surface area contributed by atoms with Crippen LogP contribution in [0.1, 0.15) is 98.1 Å². The van der Waals surface area contributed by atoms with E-state index in [1.807, 2.05) is 66.7 Å². The molecule has 53 heavy (non-hydrogen) atoms. The number of carbonyl (C=O) groups excluding carboxylic acids is 2. The maximum Gasteiger partial charge on any atom is 0.238 e. The van der Waals surface area contributed by atoms with Gasteiger partial charge in [0.25, 0.3) is 0 Å². The largest absolute Gasteiger partial charge is 0.393 e. The average Bonchev–Trinajstić information content (AvgIpc) is 3.59. The molecule has 4 aromatic rings. The zero-order valence-corrected chi connectivity index (χ0v) is 30.9. The molecular formula is C43H44Cl2FN3O4. The van der Waals surface area contributed by atoms with Crippen LogP contribution in [0.5, 0.6) is 0 Å². The lowest BCUT2D eigenvalue weighted by Gasteiger charge is -2.53. The Morgan fingerprint density at radius 3 is 2.21 bits per heavy atom. The molecule has 2 aliphatic carbocycles. The molecule has 276 valence electrons. The van der Waals surface area contributed by atoms with Gasteiger partial charge in [-0.2, -0.15) is 0 Å². The summed E-state index contributed by atoms with van der Waals surface area (Å²) in [4.78, 5) is 33.0. The second-order valence-corrected chi connectivity index (χ2v) is 16.1. The van der Waals surface area contributed by atoms with Crippen molar-refractivity contribution in [1.82, 2.24) is 10.2 Å². The van der Waals surface area contributed by atoms with Gasteiger partial charge in [0.2, 0.25) is 11.8 Å². The number of likely N-dealkylation sites (tertiary alicyclic amines) is 1. The summed E-state index contributed by atoms with van der Waals surface area (Å²) >= 11 is 13.1. The molecule has 2 aliphatic heterocycles. The Bertz CT molecular complexity index is 1990. The van der Waals surface area contributed by atoms with Crippen molar-refractivity contribution in [3.05, 3.63) is 135 Å². The van der Waals surface area contributed by atoms with Gasteiger partial charge in [-0.1, -0.05) is 121 Å². The normalized spacial score (nSPS) is 27.7. The number of carbonyl (C=O) groups is 2. The van der Waals surface area contributed by atoms with Crippen LogP contribution in [0.2, 0.25) is 10.0 Å². The minimum absolute atomic E-state index is 0.104. The molecule has 0 radical (unpaired) electrons. The molecule has 5 atom stereocenters. The average molecular weight is 757 g/mol. The van der Waals surface area contributed by atoms with E-state index in [0.29, 0.717) is 60.4 Å². The van der Waals surface area contributed by atoms with Crippen molar-refractivity contribution >= 4 is 40.7 Å². The number of amides is 2. The number of halogens is 3. The van der Waals surface area contributed by atoms with Crippen LogP contribution < -0.4 is 10.6 Å². The van der Waals surface area contributed by atoms with Crippen molar-refractivity contribution in [3.63, 3.8) is 0 Å².